The van der Waals surface area contributed by atoms with Crippen LogP contribution < -0.4 is 0 Å². The third-order valence-electron chi connectivity index (χ3n) is 3.75. The Morgan fingerprint density at radius 1 is 0.955 bits per heavy atom. The molecule has 0 spiro atoms. The van der Waals surface area contributed by atoms with Crippen molar-refractivity contribution in [3.63, 3.8) is 0 Å². The number of halogens is 2. The molecule has 0 radical (unpaired) electrons. The van der Waals surface area contributed by atoms with Gasteiger partial charge in [0.05, 0.1) is 0 Å². The predicted molar refractivity (Wildman–Crippen MR) is 84.9 cm³/mol. The van der Waals surface area contributed by atoms with E-state index in [-0.39, 0.29) is 5.56 Å². The van der Waals surface area contributed by atoms with Gasteiger partial charge in [0.2, 0.25) is 0 Å². The smallest absolute Gasteiger partial charge is 0.298 e. The Morgan fingerprint density at radius 3 is 2.09 bits per heavy atom. The van der Waals surface area contributed by atoms with Crippen molar-refractivity contribution in [2.45, 2.75) is 31.3 Å². The Bertz CT molecular complexity index is 604. The van der Waals surface area contributed by atoms with Crippen LogP contribution in [0.15, 0.2) is 72.8 Å². The van der Waals surface area contributed by atoms with E-state index in [0.29, 0.717) is 12.8 Å². The maximum atomic E-state index is 14.3. The molecule has 1 atom stereocenters. The molecule has 0 aromatic heterocycles. The van der Waals surface area contributed by atoms with Crippen LogP contribution in [0.5, 0.6) is 0 Å². The molecule has 2 rings (SSSR count). The molecule has 2 aromatic rings. The van der Waals surface area contributed by atoms with Crippen LogP contribution in [-0.2, 0) is 12.0 Å². The van der Waals surface area contributed by atoms with Gasteiger partial charge in [0.15, 0.2) is 5.60 Å². The van der Waals surface area contributed by atoms with Crippen LogP contribution in [0.4, 0.5) is 8.78 Å². The lowest BCUT2D eigenvalue weighted by Gasteiger charge is -2.31. The molecule has 0 aliphatic carbocycles. The Balaban J connectivity index is 2.02. The van der Waals surface area contributed by atoms with Gasteiger partial charge < -0.3 is 5.11 Å². The zero-order valence-electron chi connectivity index (χ0n) is 12.5. The number of hydrogen-bond donors (Lipinski definition) is 1. The summed E-state index contributed by atoms with van der Waals surface area (Å²) in [7, 11) is 0. The zero-order chi connectivity index (χ0) is 16.1. The maximum Gasteiger partial charge on any atom is 0.298 e. The molecule has 0 saturated carbocycles. The SMILES string of the molecule is C[C@](O)(c1ccccc1)C(F)(F)/C=C/CCc1ccccc1. The molecule has 1 nitrogen and oxygen atoms in total. The van der Waals surface area contributed by atoms with Gasteiger partial charge in [-0.25, -0.2) is 0 Å². The van der Waals surface area contributed by atoms with Gasteiger partial charge in [0, 0.05) is 0 Å². The van der Waals surface area contributed by atoms with E-state index in [0.717, 1.165) is 18.6 Å². The fraction of sp³-hybridized carbons (Fsp3) is 0.263. The first-order valence-electron chi connectivity index (χ1n) is 7.31. The summed E-state index contributed by atoms with van der Waals surface area (Å²) in [6.07, 6.45) is 3.44. The normalized spacial score (nSPS) is 14.9. The lowest BCUT2D eigenvalue weighted by molar-refractivity contribution is -0.145. The summed E-state index contributed by atoms with van der Waals surface area (Å²) in [5.41, 5.74) is -0.921. The van der Waals surface area contributed by atoms with Gasteiger partial charge >= 0.3 is 0 Å². The second-order valence-corrected chi connectivity index (χ2v) is 5.49. The van der Waals surface area contributed by atoms with E-state index < -0.39 is 11.5 Å². The largest absolute Gasteiger partial charge is 0.379 e. The Hall–Kier alpha value is -2.00. The van der Waals surface area contributed by atoms with Crippen LogP contribution in [0.3, 0.4) is 0 Å². The molecule has 1 N–H and O–H groups in total. The van der Waals surface area contributed by atoms with Crippen molar-refractivity contribution >= 4 is 0 Å². The fourth-order valence-corrected chi connectivity index (χ4v) is 2.24. The van der Waals surface area contributed by atoms with Gasteiger partial charge in [-0.2, -0.15) is 8.78 Å². The van der Waals surface area contributed by atoms with Crippen molar-refractivity contribution in [3.05, 3.63) is 83.9 Å². The minimum Gasteiger partial charge on any atom is -0.379 e. The van der Waals surface area contributed by atoms with Crippen molar-refractivity contribution in [1.29, 1.82) is 0 Å². The number of aryl methyl sites for hydroxylation is 1. The summed E-state index contributed by atoms with van der Waals surface area (Å²) in [4.78, 5) is 0. The highest BCUT2D eigenvalue weighted by Gasteiger charge is 2.47. The van der Waals surface area contributed by atoms with E-state index in [1.807, 2.05) is 30.3 Å². The van der Waals surface area contributed by atoms with E-state index in [4.69, 9.17) is 0 Å². The van der Waals surface area contributed by atoms with Crippen molar-refractivity contribution < 1.29 is 13.9 Å². The zero-order valence-corrected chi connectivity index (χ0v) is 12.5. The van der Waals surface area contributed by atoms with Gasteiger partial charge in [-0.05, 0) is 37.0 Å². The first-order valence-corrected chi connectivity index (χ1v) is 7.31. The van der Waals surface area contributed by atoms with E-state index >= 15 is 0 Å². The second-order valence-electron chi connectivity index (χ2n) is 5.49. The molecule has 116 valence electrons. The van der Waals surface area contributed by atoms with E-state index in [9.17, 15) is 13.9 Å². The van der Waals surface area contributed by atoms with Crippen molar-refractivity contribution in [3.8, 4) is 0 Å². The van der Waals surface area contributed by atoms with Gasteiger partial charge in [-0.15, -0.1) is 0 Å². The Morgan fingerprint density at radius 2 is 1.50 bits per heavy atom. The summed E-state index contributed by atoms with van der Waals surface area (Å²) in [6.45, 7) is 1.14. The Labute approximate surface area is 129 Å². The van der Waals surface area contributed by atoms with Gasteiger partial charge in [0.25, 0.3) is 5.92 Å². The van der Waals surface area contributed by atoms with Crippen molar-refractivity contribution in [2.75, 3.05) is 0 Å². The van der Waals surface area contributed by atoms with Gasteiger partial charge in [-0.1, -0.05) is 66.7 Å². The quantitative estimate of drug-likeness (QED) is 0.766. The standard InChI is InChI=1S/C19H20F2O/c1-18(22,17-13-6-3-7-14-17)19(20,21)15-9-8-12-16-10-4-2-5-11-16/h2-7,9-11,13-15,22H,8,12H2,1H3/b15-9+/t18-/m0/s1. The first kappa shape index (κ1) is 16.4. The minimum atomic E-state index is -3.33. The lowest BCUT2D eigenvalue weighted by atomic mass is 9.89. The van der Waals surface area contributed by atoms with Crippen LogP contribution in [0, 0.1) is 0 Å². The monoisotopic (exact) mass is 302 g/mol. The number of benzene rings is 2. The molecule has 0 bridgehead atoms. The van der Waals surface area contributed by atoms with Crippen LogP contribution in [0.1, 0.15) is 24.5 Å². The third-order valence-corrected chi connectivity index (χ3v) is 3.75. The summed E-state index contributed by atoms with van der Waals surface area (Å²) >= 11 is 0. The highest BCUT2D eigenvalue weighted by Crippen LogP contribution is 2.38. The molecule has 22 heavy (non-hydrogen) atoms. The fourth-order valence-electron chi connectivity index (χ4n) is 2.24. The topological polar surface area (TPSA) is 20.2 Å². The summed E-state index contributed by atoms with van der Waals surface area (Å²) < 4.78 is 28.6. The van der Waals surface area contributed by atoms with Crippen LogP contribution >= 0.6 is 0 Å². The van der Waals surface area contributed by atoms with Crippen molar-refractivity contribution in [1.82, 2.24) is 0 Å². The molecule has 0 aliphatic heterocycles. The average molecular weight is 302 g/mol. The molecule has 0 heterocycles. The molecular weight excluding hydrogens is 282 g/mol. The molecule has 0 aliphatic rings. The second kappa shape index (κ2) is 6.84. The summed E-state index contributed by atoms with van der Waals surface area (Å²) in [6, 6.07) is 17.7. The number of aliphatic hydroxyl groups is 1. The Kier molecular flexibility index (Phi) is 5.09. The molecular formula is C19H20F2O. The molecule has 0 amide bonds. The van der Waals surface area contributed by atoms with E-state index in [1.54, 1.807) is 18.2 Å². The highest BCUT2D eigenvalue weighted by molar-refractivity contribution is 5.26. The first-order chi connectivity index (χ1) is 10.4. The predicted octanol–water partition coefficient (Wildman–Crippen LogP) is 4.72. The van der Waals surface area contributed by atoms with E-state index in [2.05, 4.69) is 0 Å². The molecule has 3 heteroatoms. The number of alkyl halides is 2. The number of rotatable bonds is 6. The summed E-state index contributed by atoms with van der Waals surface area (Å²) in [5.74, 6) is -3.33. The van der Waals surface area contributed by atoms with Gasteiger partial charge in [-0.3, -0.25) is 0 Å². The molecule has 0 saturated heterocycles. The lowest BCUT2D eigenvalue weighted by Crippen LogP contribution is -2.41. The van der Waals surface area contributed by atoms with Crippen LogP contribution in [-0.4, -0.2) is 11.0 Å². The molecule has 0 unspecified atom stereocenters. The van der Waals surface area contributed by atoms with Gasteiger partial charge in [0.1, 0.15) is 0 Å². The molecule has 0 fully saturated rings. The average Bonchev–Trinajstić information content (AvgIpc) is 2.53. The minimum absolute atomic E-state index is 0.202. The number of allylic oxidation sites excluding steroid dienone is 1. The van der Waals surface area contributed by atoms with Crippen molar-refractivity contribution in [2.24, 2.45) is 0 Å². The van der Waals surface area contributed by atoms with E-state index in [1.165, 1.54) is 18.2 Å². The third kappa shape index (κ3) is 3.80. The van der Waals surface area contributed by atoms with Crippen LogP contribution in [0.25, 0.3) is 0 Å². The number of hydrogen-bond acceptors (Lipinski definition) is 1. The summed E-state index contributed by atoms with van der Waals surface area (Å²) in [5, 5.41) is 10.2. The van der Waals surface area contributed by atoms with Crippen LogP contribution in [0.2, 0.25) is 0 Å². The molecule has 2 aromatic carbocycles. The maximum absolute atomic E-state index is 14.3. The highest BCUT2D eigenvalue weighted by atomic mass is 19.3.